The van der Waals surface area contributed by atoms with Crippen molar-refractivity contribution >= 4 is 23.2 Å². The zero-order chi connectivity index (χ0) is 17.6. The van der Waals surface area contributed by atoms with Crippen molar-refractivity contribution in [1.82, 2.24) is 4.98 Å². The van der Waals surface area contributed by atoms with E-state index >= 15 is 0 Å². The Kier molecular flexibility index (Phi) is 4.95. The van der Waals surface area contributed by atoms with Crippen LogP contribution < -0.4 is 0 Å². The second-order valence-electron chi connectivity index (χ2n) is 5.65. The predicted molar refractivity (Wildman–Crippen MR) is 99.1 cm³/mol. The smallest absolute Gasteiger partial charge is 0.193 e. The lowest BCUT2D eigenvalue weighted by atomic mass is 9.99. The second-order valence-corrected chi connectivity index (χ2v) is 5.65. The molecule has 0 unspecified atom stereocenters. The molecular formula is C22H17NO2. The molecule has 0 spiro atoms. The molecule has 0 bridgehead atoms. The first kappa shape index (κ1) is 16.5. The van der Waals surface area contributed by atoms with Crippen molar-refractivity contribution < 1.29 is 9.59 Å². The number of Topliss-reactive ketones (excluding diaryl/α,β-unsaturated/α-hetero) is 1. The van der Waals surface area contributed by atoms with E-state index in [1.54, 1.807) is 48.7 Å². The Morgan fingerprint density at radius 3 is 2.24 bits per heavy atom. The van der Waals surface area contributed by atoms with Crippen LogP contribution in [0, 0.1) is 0 Å². The maximum absolute atomic E-state index is 12.6. The monoisotopic (exact) mass is 327 g/mol. The molecule has 1 aromatic heterocycles. The maximum atomic E-state index is 12.6. The van der Waals surface area contributed by atoms with Gasteiger partial charge in [-0.25, -0.2) is 0 Å². The summed E-state index contributed by atoms with van der Waals surface area (Å²) >= 11 is 0. The van der Waals surface area contributed by atoms with E-state index in [9.17, 15) is 9.59 Å². The molecule has 25 heavy (non-hydrogen) atoms. The van der Waals surface area contributed by atoms with Crippen LogP contribution >= 0.6 is 0 Å². The average molecular weight is 327 g/mol. The topological polar surface area (TPSA) is 47.0 Å². The zero-order valence-corrected chi connectivity index (χ0v) is 13.8. The molecule has 0 atom stereocenters. The lowest BCUT2D eigenvalue weighted by Gasteiger charge is -2.05. The van der Waals surface area contributed by atoms with Gasteiger partial charge in [0.05, 0.1) is 5.69 Å². The lowest BCUT2D eigenvalue weighted by Crippen LogP contribution is -2.01. The third-order valence-electron chi connectivity index (χ3n) is 3.82. The van der Waals surface area contributed by atoms with E-state index in [0.29, 0.717) is 22.4 Å². The van der Waals surface area contributed by atoms with E-state index in [1.165, 1.54) is 6.92 Å². The van der Waals surface area contributed by atoms with E-state index in [-0.39, 0.29) is 11.6 Å². The molecule has 0 fully saturated rings. The van der Waals surface area contributed by atoms with Gasteiger partial charge in [-0.1, -0.05) is 54.6 Å². The summed E-state index contributed by atoms with van der Waals surface area (Å²) in [6, 6.07) is 21.8. The molecule has 1 heterocycles. The number of nitrogens with zero attached hydrogens (tertiary/aromatic N) is 1. The Morgan fingerprint density at radius 1 is 0.840 bits per heavy atom. The summed E-state index contributed by atoms with van der Waals surface area (Å²) in [4.78, 5) is 28.8. The fourth-order valence-electron chi connectivity index (χ4n) is 2.57. The van der Waals surface area contributed by atoms with Crippen molar-refractivity contribution in [3.05, 3.63) is 101 Å². The van der Waals surface area contributed by atoms with Gasteiger partial charge in [-0.15, -0.1) is 0 Å². The number of aromatic nitrogens is 1. The Balaban J connectivity index is 1.98. The van der Waals surface area contributed by atoms with Gasteiger partial charge in [0.15, 0.2) is 11.6 Å². The van der Waals surface area contributed by atoms with E-state index in [4.69, 9.17) is 0 Å². The molecule has 122 valence electrons. The highest BCUT2D eigenvalue weighted by molar-refractivity contribution is 6.23. The summed E-state index contributed by atoms with van der Waals surface area (Å²) in [5.41, 5.74) is 3.15. The van der Waals surface area contributed by atoms with Crippen LogP contribution in [0.15, 0.2) is 79.0 Å². The third-order valence-corrected chi connectivity index (χ3v) is 3.82. The first-order chi connectivity index (χ1) is 12.1. The summed E-state index contributed by atoms with van der Waals surface area (Å²) in [5.74, 6) is -0.114. The Morgan fingerprint density at radius 2 is 1.56 bits per heavy atom. The lowest BCUT2D eigenvalue weighted by molar-refractivity contribution is -0.111. The number of carbonyl (C=O) groups is 2. The summed E-state index contributed by atoms with van der Waals surface area (Å²) in [7, 11) is 0. The molecule has 3 heteroatoms. The van der Waals surface area contributed by atoms with Crippen LogP contribution in [-0.2, 0) is 4.79 Å². The van der Waals surface area contributed by atoms with Crippen LogP contribution in [0.5, 0.6) is 0 Å². The molecule has 3 rings (SSSR count). The van der Waals surface area contributed by atoms with Gasteiger partial charge < -0.3 is 0 Å². The van der Waals surface area contributed by atoms with Gasteiger partial charge in [-0.3, -0.25) is 14.6 Å². The summed E-state index contributed by atoms with van der Waals surface area (Å²) < 4.78 is 0. The normalized spacial score (nSPS) is 11.2. The SMILES string of the molecule is CC(=O)/C(=C/c1cccc(C(=O)c2ccccc2)c1)c1ccccn1. The van der Waals surface area contributed by atoms with Gasteiger partial charge in [0.2, 0.25) is 0 Å². The second kappa shape index (κ2) is 7.49. The first-order valence-corrected chi connectivity index (χ1v) is 7.99. The van der Waals surface area contributed by atoms with Crippen molar-refractivity contribution in [2.24, 2.45) is 0 Å². The predicted octanol–water partition coefficient (Wildman–Crippen LogP) is 4.44. The largest absolute Gasteiger partial charge is 0.294 e. The van der Waals surface area contributed by atoms with Crippen molar-refractivity contribution in [2.45, 2.75) is 6.92 Å². The van der Waals surface area contributed by atoms with E-state index in [0.717, 1.165) is 5.56 Å². The third kappa shape index (κ3) is 3.96. The quantitative estimate of drug-likeness (QED) is 0.514. The van der Waals surface area contributed by atoms with Crippen molar-refractivity contribution in [2.75, 3.05) is 0 Å². The van der Waals surface area contributed by atoms with E-state index in [2.05, 4.69) is 4.98 Å². The molecule has 0 aliphatic rings. The van der Waals surface area contributed by atoms with Gasteiger partial charge in [0.1, 0.15) is 0 Å². The summed E-state index contributed by atoms with van der Waals surface area (Å²) in [5, 5.41) is 0. The van der Waals surface area contributed by atoms with Crippen molar-refractivity contribution in [1.29, 1.82) is 0 Å². The summed E-state index contributed by atoms with van der Waals surface area (Å²) in [6.45, 7) is 1.51. The highest BCUT2D eigenvalue weighted by atomic mass is 16.1. The minimum absolute atomic E-state index is 0.0435. The molecule has 3 nitrogen and oxygen atoms in total. The number of hydrogen-bond acceptors (Lipinski definition) is 3. The Bertz CT molecular complexity index is 929. The molecule has 0 saturated heterocycles. The van der Waals surface area contributed by atoms with Crippen LogP contribution in [-0.4, -0.2) is 16.6 Å². The minimum atomic E-state index is -0.0708. The molecule has 0 amide bonds. The van der Waals surface area contributed by atoms with Gasteiger partial charge in [-0.2, -0.15) is 0 Å². The average Bonchev–Trinajstić information content (AvgIpc) is 2.67. The fourth-order valence-corrected chi connectivity index (χ4v) is 2.57. The number of hydrogen-bond donors (Lipinski definition) is 0. The van der Waals surface area contributed by atoms with E-state index < -0.39 is 0 Å². The molecular weight excluding hydrogens is 310 g/mol. The fraction of sp³-hybridized carbons (Fsp3) is 0.0455. The molecule has 0 aliphatic heterocycles. The van der Waals surface area contributed by atoms with Gasteiger partial charge >= 0.3 is 0 Å². The van der Waals surface area contributed by atoms with Crippen LogP contribution in [0.25, 0.3) is 11.6 Å². The maximum Gasteiger partial charge on any atom is 0.193 e. The molecule has 0 saturated carbocycles. The number of pyridine rings is 1. The molecule has 2 aromatic carbocycles. The number of rotatable bonds is 5. The highest BCUT2D eigenvalue weighted by Gasteiger charge is 2.11. The van der Waals surface area contributed by atoms with Crippen LogP contribution in [0.2, 0.25) is 0 Å². The van der Waals surface area contributed by atoms with Gasteiger partial charge in [0.25, 0.3) is 0 Å². The minimum Gasteiger partial charge on any atom is -0.294 e. The number of carbonyl (C=O) groups excluding carboxylic acids is 2. The Labute approximate surface area is 146 Å². The van der Waals surface area contributed by atoms with Gasteiger partial charge in [-0.05, 0) is 36.8 Å². The van der Waals surface area contributed by atoms with Crippen molar-refractivity contribution in [3.8, 4) is 0 Å². The van der Waals surface area contributed by atoms with E-state index in [1.807, 2.05) is 36.4 Å². The highest BCUT2D eigenvalue weighted by Crippen LogP contribution is 2.19. The standard InChI is InChI=1S/C22H17NO2/c1-16(24)20(21-12-5-6-13-23-21)15-17-8-7-11-19(14-17)22(25)18-9-3-2-4-10-18/h2-15H,1H3/b20-15-. The van der Waals surface area contributed by atoms with Crippen LogP contribution in [0.1, 0.15) is 34.1 Å². The molecule has 0 aliphatic carbocycles. The van der Waals surface area contributed by atoms with Crippen LogP contribution in [0.3, 0.4) is 0 Å². The molecule has 0 N–H and O–H groups in total. The Hall–Kier alpha value is -3.33. The number of allylic oxidation sites excluding steroid dienone is 1. The molecule has 3 aromatic rings. The first-order valence-electron chi connectivity index (χ1n) is 7.99. The molecule has 0 radical (unpaired) electrons. The number of benzene rings is 2. The van der Waals surface area contributed by atoms with Crippen LogP contribution in [0.4, 0.5) is 0 Å². The van der Waals surface area contributed by atoms with Gasteiger partial charge in [0, 0.05) is 22.9 Å². The number of ketones is 2. The van der Waals surface area contributed by atoms with Crippen molar-refractivity contribution in [3.63, 3.8) is 0 Å². The summed E-state index contributed by atoms with van der Waals surface area (Å²) in [6.07, 6.45) is 3.42. The zero-order valence-electron chi connectivity index (χ0n) is 13.8.